The van der Waals surface area contributed by atoms with Crippen LogP contribution in [0.2, 0.25) is 0 Å². The molecule has 4 N–H and O–H groups in total. The van der Waals surface area contributed by atoms with Crippen LogP contribution in [0.4, 0.5) is 9.59 Å². The first-order chi connectivity index (χ1) is 35.3. The molecule has 14 heteroatoms. The fourth-order valence-corrected chi connectivity index (χ4v) is 12.9. The molecule has 4 heterocycles. The lowest BCUT2D eigenvalue weighted by Gasteiger charge is -2.36. The largest absolute Gasteiger partial charge is 0.453 e. The number of nitrogens with one attached hydrogen (secondary N) is 4. The van der Waals surface area contributed by atoms with Crippen LogP contribution in [0.15, 0.2) is 78.9 Å². The maximum Gasteiger partial charge on any atom is 0.407 e. The number of H-pyrrole nitrogens is 2. The quantitative estimate of drug-likeness (QED) is 0.0884. The van der Waals surface area contributed by atoms with Gasteiger partial charge in [0.2, 0.25) is 11.8 Å². The minimum absolute atomic E-state index is 0.0728. The van der Waals surface area contributed by atoms with Crippen molar-refractivity contribution in [3.05, 3.63) is 107 Å². The highest BCUT2D eigenvalue weighted by molar-refractivity contribution is 5.89. The fourth-order valence-electron chi connectivity index (χ4n) is 12.9. The highest BCUT2D eigenvalue weighted by atomic mass is 16.5. The number of benzene rings is 4. The SMILES string of the molecule is COC(=O)N[C@H](C(=O)N1[C@H](c2nc3ccc(-c4cc(CCc5ccccc5-c5ccc6nc([C@@H]7C[C@@H]8CCCC[C@@H]8N7C(=O)[C@@H](NC(=O)OC)C(C)C)[nH]c6c5)ccc4C)cc3[nH]2)C[C@@H]2CCCC[C@@H]21)C(C)C. The number of carbonyl (C=O) groups excluding carboxylic acids is 4. The van der Waals surface area contributed by atoms with Gasteiger partial charge in [0.15, 0.2) is 0 Å². The maximum absolute atomic E-state index is 14.4. The van der Waals surface area contributed by atoms with Gasteiger partial charge in [-0.3, -0.25) is 9.59 Å². The molecule has 10 rings (SSSR count). The fraction of sp³-hybridized carbons (Fsp3) is 0.492. The number of aryl methyl sites for hydroxylation is 3. The van der Waals surface area contributed by atoms with Crippen molar-refractivity contribution in [1.82, 2.24) is 40.4 Å². The number of amides is 4. The van der Waals surface area contributed by atoms with E-state index in [0.717, 1.165) is 122 Å². The average Bonchev–Trinajstić information content (AvgIpc) is 4.21. The molecule has 8 atom stereocenters. The topological polar surface area (TPSA) is 175 Å². The van der Waals surface area contributed by atoms with E-state index in [1.54, 1.807) is 0 Å². The van der Waals surface area contributed by atoms with Crippen LogP contribution in [0.1, 0.15) is 132 Å². The minimum Gasteiger partial charge on any atom is -0.453 e. The molecule has 384 valence electrons. The third-order valence-electron chi connectivity index (χ3n) is 16.7. The first-order valence-electron chi connectivity index (χ1n) is 26.8. The molecule has 2 aliphatic carbocycles. The molecule has 4 aromatic carbocycles. The Kier molecular flexibility index (Phi) is 14.4. The van der Waals surface area contributed by atoms with Crippen molar-refractivity contribution in [2.75, 3.05) is 14.2 Å². The Hall–Kier alpha value is -6.70. The number of carbonyl (C=O) groups is 4. The molecule has 4 amide bonds. The first kappa shape index (κ1) is 49.9. The van der Waals surface area contributed by atoms with E-state index in [9.17, 15) is 19.2 Å². The predicted molar refractivity (Wildman–Crippen MR) is 283 cm³/mol. The van der Waals surface area contributed by atoms with E-state index < -0.39 is 24.3 Å². The number of rotatable bonds is 13. The van der Waals surface area contributed by atoms with Crippen LogP contribution < -0.4 is 10.6 Å². The molecule has 0 radical (unpaired) electrons. The number of alkyl carbamates (subject to hydrolysis) is 2. The number of hydrogen-bond donors (Lipinski definition) is 4. The summed E-state index contributed by atoms with van der Waals surface area (Å²) in [5.41, 5.74) is 11.8. The third kappa shape index (κ3) is 9.93. The second kappa shape index (κ2) is 21.0. The molecule has 4 fully saturated rings. The van der Waals surface area contributed by atoms with Gasteiger partial charge in [0, 0.05) is 12.1 Å². The van der Waals surface area contributed by atoms with Gasteiger partial charge >= 0.3 is 12.2 Å². The lowest BCUT2D eigenvalue weighted by molar-refractivity contribution is -0.139. The number of methoxy groups -OCH3 is 2. The molecule has 2 aromatic heterocycles. The third-order valence-corrected chi connectivity index (χ3v) is 16.7. The van der Waals surface area contributed by atoms with E-state index in [1.165, 1.54) is 42.0 Å². The molecule has 0 bridgehead atoms. The summed E-state index contributed by atoms with van der Waals surface area (Å²) in [4.78, 5) is 75.3. The number of aromatic amines is 2. The molecule has 6 aromatic rings. The van der Waals surface area contributed by atoms with Gasteiger partial charge < -0.3 is 39.9 Å². The summed E-state index contributed by atoms with van der Waals surface area (Å²) in [6.45, 7) is 9.99. The van der Waals surface area contributed by atoms with Crippen molar-refractivity contribution in [3.63, 3.8) is 0 Å². The number of aromatic nitrogens is 4. The van der Waals surface area contributed by atoms with Crippen LogP contribution in [0.25, 0.3) is 44.3 Å². The molecule has 14 nitrogen and oxygen atoms in total. The molecule has 2 saturated heterocycles. The Morgan fingerprint density at radius 1 is 0.616 bits per heavy atom. The summed E-state index contributed by atoms with van der Waals surface area (Å²) in [5, 5.41) is 5.66. The van der Waals surface area contributed by atoms with Crippen molar-refractivity contribution < 1.29 is 28.7 Å². The van der Waals surface area contributed by atoms with E-state index >= 15 is 0 Å². The van der Waals surface area contributed by atoms with Crippen molar-refractivity contribution in [2.24, 2.45) is 23.7 Å². The Labute approximate surface area is 428 Å². The molecule has 2 aliphatic heterocycles. The number of nitrogens with zero attached hydrogens (tertiary/aromatic N) is 4. The van der Waals surface area contributed by atoms with E-state index in [2.05, 4.69) is 106 Å². The van der Waals surface area contributed by atoms with Crippen molar-refractivity contribution in [1.29, 1.82) is 0 Å². The normalized spacial score (nSPS) is 22.6. The monoisotopic (exact) mass is 989 g/mol. The Balaban J connectivity index is 0.873. The van der Waals surface area contributed by atoms with Crippen LogP contribution in [-0.2, 0) is 31.9 Å². The lowest BCUT2D eigenvalue weighted by Crippen LogP contribution is -2.53. The molecule has 0 spiro atoms. The van der Waals surface area contributed by atoms with E-state index in [1.807, 2.05) is 37.5 Å². The van der Waals surface area contributed by atoms with Crippen LogP contribution in [-0.4, -0.2) is 92.1 Å². The number of hydrogen-bond acceptors (Lipinski definition) is 8. The summed E-state index contributed by atoms with van der Waals surface area (Å²) >= 11 is 0. The zero-order chi connectivity index (χ0) is 51.1. The van der Waals surface area contributed by atoms with Crippen LogP contribution >= 0.6 is 0 Å². The van der Waals surface area contributed by atoms with E-state index in [0.29, 0.717) is 11.8 Å². The van der Waals surface area contributed by atoms with Gasteiger partial charge in [-0.05, 0) is 145 Å². The molecule has 0 unspecified atom stereocenters. The van der Waals surface area contributed by atoms with Gasteiger partial charge in [-0.1, -0.05) is 108 Å². The van der Waals surface area contributed by atoms with Gasteiger partial charge in [0.25, 0.3) is 0 Å². The van der Waals surface area contributed by atoms with Crippen LogP contribution in [0.3, 0.4) is 0 Å². The Morgan fingerprint density at radius 2 is 1.11 bits per heavy atom. The van der Waals surface area contributed by atoms with Gasteiger partial charge in [-0.2, -0.15) is 0 Å². The molecule has 73 heavy (non-hydrogen) atoms. The zero-order valence-corrected chi connectivity index (χ0v) is 43.5. The van der Waals surface area contributed by atoms with Gasteiger partial charge in [-0.15, -0.1) is 0 Å². The first-order valence-corrected chi connectivity index (χ1v) is 26.8. The summed E-state index contributed by atoms with van der Waals surface area (Å²) in [7, 11) is 2.65. The number of imidazole rings is 2. The zero-order valence-electron chi connectivity index (χ0n) is 43.5. The van der Waals surface area contributed by atoms with Gasteiger partial charge in [0.05, 0.1) is 48.4 Å². The smallest absolute Gasteiger partial charge is 0.407 e. The van der Waals surface area contributed by atoms with Crippen LogP contribution in [0.5, 0.6) is 0 Å². The summed E-state index contributed by atoms with van der Waals surface area (Å²) in [6.07, 6.45) is 10.7. The van der Waals surface area contributed by atoms with E-state index in [-0.39, 0.29) is 47.8 Å². The second-order valence-corrected chi connectivity index (χ2v) is 21.9. The van der Waals surface area contributed by atoms with Crippen molar-refractivity contribution in [3.8, 4) is 22.3 Å². The molecule has 4 aliphatic rings. The minimum atomic E-state index is -0.697. The number of fused-ring (bicyclic) bond motifs is 4. The average molecular weight is 989 g/mol. The van der Waals surface area contributed by atoms with E-state index in [4.69, 9.17) is 19.4 Å². The highest BCUT2D eigenvalue weighted by Gasteiger charge is 2.50. The molecular weight excluding hydrogens is 917 g/mol. The van der Waals surface area contributed by atoms with Gasteiger partial charge in [0.1, 0.15) is 23.7 Å². The summed E-state index contributed by atoms with van der Waals surface area (Å²) < 4.78 is 9.84. The summed E-state index contributed by atoms with van der Waals surface area (Å²) in [5.74, 6) is 2.00. The van der Waals surface area contributed by atoms with Crippen molar-refractivity contribution >= 4 is 46.1 Å². The highest BCUT2D eigenvalue weighted by Crippen LogP contribution is 2.48. The number of ether oxygens (including phenoxy) is 2. The van der Waals surface area contributed by atoms with Crippen LogP contribution in [0, 0.1) is 30.6 Å². The maximum atomic E-state index is 14.4. The molecule has 2 saturated carbocycles. The predicted octanol–water partition coefficient (Wildman–Crippen LogP) is 11.3. The lowest BCUT2D eigenvalue weighted by atomic mass is 9.84. The second-order valence-electron chi connectivity index (χ2n) is 21.9. The molecular formula is C59H72N8O6. The van der Waals surface area contributed by atoms with Gasteiger partial charge in [-0.25, -0.2) is 19.6 Å². The Bertz CT molecular complexity index is 3010. The summed E-state index contributed by atoms with van der Waals surface area (Å²) in [6, 6.07) is 26.7. The Morgan fingerprint density at radius 3 is 1.62 bits per heavy atom. The number of likely N-dealkylation sites (tertiary alicyclic amines) is 2. The van der Waals surface area contributed by atoms with Crippen molar-refractivity contribution in [2.45, 2.75) is 148 Å². The standard InChI is InChI=1S/C59H72N8O6/c1-33(2)52(64-58(70)72-6)56(68)66-48-18-12-9-15-40(48)31-50(66)54-60-44-26-24-38(29-46(44)62-54)42-17-11-8-14-37(42)23-22-36-21-20-35(5)43(28-36)39-25-27-45-47(30-39)63-55(61-45)51-32-41-16-10-13-19-49(41)67(51)57(69)53(34(3)4)65-59(71)73-7/h8,11,14,17,20-21,24-30,33-34,40-41,48-53H,9-10,12-13,15-16,18-19,22-23,31-32H2,1-7H3,(H,60,62)(H,61,63)(H,64,70)(H,65,71)/t40-,41-,48-,49-,50-,51-,52-,53-/m0/s1.